The zero-order valence-corrected chi connectivity index (χ0v) is 15.1. The van der Waals surface area contributed by atoms with Crippen LogP contribution < -0.4 is 11.7 Å². The Hall–Kier alpha value is -2.56. The first-order chi connectivity index (χ1) is 12.0. The molecule has 0 saturated carbocycles. The molecule has 1 aliphatic carbocycles. The Morgan fingerprint density at radius 1 is 1.20 bits per heavy atom. The van der Waals surface area contributed by atoms with Crippen LogP contribution in [0.15, 0.2) is 29.4 Å². The second kappa shape index (κ2) is 5.48. The number of benzene rings is 1. The summed E-state index contributed by atoms with van der Waals surface area (Å²) < 4.78 is 1.89. The number of nitrogens with two attached hydrogens (primary N) is 2. The van der Waals surface area contributed by atoms with Gasteiger partial charge in [-0.25, -0.2) is 4.98 Å². The fraction of sp³-hybridized carbons (Fsp3) is 0.400. The minimum atomic E-state index is 0.0789. The van der Waals surface area contributed by atoms with Crippen molar-refractivity contribution in [2.45, 2.75) is 46.5 Å². The van der Waals surface area contributed by atoms with Gasteiger partial charge in [0.2, 0.25) is 0 Å². The Balaban J connectivity index is 2.17. The van der Waals surface area contributed by atoms with Crippen LogP contribution in [0.4, 0.5) is 0 Å². The largest absolute Gasteiger partial charge is 0.339 e. The summed E-state index contributed by atoms with van der Waals surface area (Å²) in [6.07, 6.45) is 3.69. The van der Waals surface area contributed by atoms with Crippen LogP contribution >= 0.6 is 0 Å². The molecule has 0 unspecified atom stereocenters. The number of hydrogen-bond acceptors (Lipinski definition) is 4. The van der Waals surface area contributed by atoms with E-state index in [9.17, 15) is 0 Å². The van der Waals surface area contributed by atoms with E-state index in [4.69, 9.17) is 16.7 Å². The monoisotopic (exact) mass is 335 g/mol. The maximum absolute atomic E-state index is 6.64. The molecule has 2 heterocycles. The second-order valence-corrected chi connectivity index (χ2v) is 7.83. The highest BCUT2D eigenvalue weighted by molar-refractivity contribution is 6.12. The number of hydrogen-bond donors (Lipinski definition) is 2. The number of hydrazone groups is 1. The average molecular weight is 335 g/mol. The fourth-order valence-electron chi connectivity index (χ4n) is 4.23. The Morgan fingerprint density at radius 2 is 1.96 bits per heavy atom. The Labute approximate surface area is 148 Å². The molecule has 0 fully saturated rings. The molecule has 0 bridgehead atoms. The van der Waals surface area contributed by atoms with Crippen molar-refractivity contribution >= 4 is 16.6 Å². The van der Waals surface area contributed by atoms with Crippen molar-refractivity contribution in [2.75, 3.05) is 5.84 Å². The lowest BCUT2D eigenvalue weighted by molar-refractivity contribution is 0.362. The number of fused-ring (bicyclic) bond motifs is 5. The third-order valence-electron chi connectivity index (χ3n) is 5.26. The third-order valence-corrected chi connectivity index (χ3v) is 5.26. The minimum Gasteiger partial charge on any atom is -0.339 e. The number of rotatable bonds is 2. The number of nitrogen functional groups attached to an aromatic ring is 1. The number of nitrogens with zero attached hydrogens (tertiary/aromatic N) is 3. The van der Waals surface area contributed by atoms with E-state index in [0.29, 0.717) is 0 Å². The Morgan fingerprint density at radius 3 is 2.68 bits per heavy atom. The van der Waals surface area contributed by atoms with Crippen LogP contribution in [0.5, 0.6) is 0 Å². The summed E-state index contributed by atoms with van der Waals surface area (Å²) in [6, 6.07) is 8.27. The number of para-hydroxylation sites is 1. The molecule has 0 aromatic heterocycles. The predicted molar refractivity (Wildman–Crippen MR) is 103 cm³/mol. The second-order valence-electron chi connectivity index (χ2n) is 7.83. The van der Waals surface area contributed by atoms with Gasteiger partial charge in [0.1, 0.15) is 0 Å². The molecule has 0 spiro atoms. The highest BCUT2D eigenvalue weighted by Crippen LogP contribution is 2.44. The first kappa shape index (κ1) is 15.9. The standard InChI is InChI=1S/C20H25N5/c1-4-7-15-17-12-8-5-6-9-13(12)23-19(17)18-14(24-21)10-20(2,3)11-16(18)25(15)22/h5-6,8-9H,4,7,10-11,21-22H2,1-3H3/b24-14+. The van der Waals surface area contributed by atoms with E-state index in [1.54, 1.807) is 0 Å². The molecule has 0 saturated heterocycles. The minimum absolute atomic E-state index is 0.0789. The van der Waals surface area contributed by atoms with Crippen molar-refractivity contribution < 1.29 is 0 Å². The summed E-state index contributed by atoms with van der Waals surface area (Å²) in [5.41, 5.74) is 7.43. The van der Waals surface area contributed by atoms with Crippen molar-refractivity contribution in [1.82, 2.24) is 9.66 Å². The van der Waals surface area contributed by atoms with Crippen LogP contribution in [-0.2, 0) is 12.8 Å². The van der Waals surface area contributed by atoms with Gasteiger partial charge in [-0.2, -0.15) is 5.10 Å². The molecule has 5 heteroatoms. The van der Waals surface area contributed by atoms with Crippen molar-refractivity contribution in [2.24, 2.45) is 16.4 Å². The van der Waals surface area contributed by atoms with Gasteiger partial charge in [0.15, 0.2) is 0 Å². The van der Waals surface area contributed by atoms with Gasteiger partial charge in [0.25, 0.3) is 0 Å². The van der Waals surface area contributed by atoms with Gasteiger partial charge in [-0.05, 0) is 30.7 Å². The molecule has 0 amide bonds. The Bertz CT molecular complexity index is 964. The van der Waals surface area contributed by atoms with E-state index in [1.165, 1.54) is 0 Å². The smallest absolute Gasteiger partial charge is 0.0844 e. The summed E-state index contributed by atoms with van der Waals surface area (Å²) in [5, 5.41) is 5.29. The summed E-state index contributed by atoms with van der Waals surface area (Å²) >= 11 is 0. The van der Waals surface area contributed by atoms with Gasteiger partial charge in [0.05, 0.1) is 22.6 Å². The van der Waals surface area contributed by atoms with Gasteiger partial charge in [-0.15, -0.1) is 0 Å². The van der Waals surface area contributed by atoms with Gasteiger partial charge >= 0.3 is 0 Å². The van der Waals surface area contributed by atoms with Crippen LogP contribution in [0.1, 0.15) is 50.6 Å². The highest BCUT2D eigenvalue weighted by atomic mass is 15.3. The van der Waals surface area contributed by atoms with Crippen molar-refractivity contribution in [3.8, 4) is 11.3 Å². The lowest BCUT2D eigenvalue weighted by Crippen LogP contribution is -2.35. The van der Waals surface area contributed by atoms with Gasteiger partial charge < -0.3 is 11.7 Å². The van der Waals surface area contributed by atoms with E-state index in [0.717, 1.165) is 70.5 Å². The van der Waals surface area contributed by atoms with E-state index in [2.05, 4.69) is 44.1 Å². The summed E-state index contributed by atoms with van der Waals surface area (Å²) in [4.78, 5) is 4.95. The SMILES string of the molecule is CCCc1c2c3ccccc3nc-2c2c(n1N)CC(C)(C)C/C2=N\N. The molecule has 3 aliphatic rings. The molecule has 25 heavy (non-hydrogen) atoms. The highest BCUT2D eigenvalue weighted by Gasteiger charge is 2.36. The van der Waals surface area contributed by atoms with E-state index in [1.807, 2.05) is 10.7 Å². The lowest BCUT2D eigenvalue weighted by atomic mass is 9.73. The summed E-state index contributed by atoms with van der Waals surface area (Å²) in [6.45, 7) is 6.65. The lowest BCUT2D eigenvalue weighted by Gasteiger charge is -2.35. The van der Waals surface area contributed by atoms with Crippen molar-refractivity contribution in [1.29, 1.82) is 0 Å². The Kier molecular flexibility index (Phi) is 3.49. The molecular weight excluding hydrogens is 310 g/mol. The summed E-state index contributed by atoms with van der Waals surface area (Å²) in [5.74, 6) is 12.4. The zero-order valence-electron chi connectivity index (χ0n) is 15.1. The van der Waals surface area contributed by atoms with Crippen LogP contribution in [-0.4, -0.2) is 15.4 Å². The van der Waals surface area contributed by atoms with E-state index >= 15 is 0 Å². The van der Waals surface area contributed by atoms with Gasteiger partial charge in [-0.1, -0.05) is 45.4 Å². The molecule has 4 N–H and O–H groups in total. The third kappa shape index (κ3) is 2.29. The molecule has 5 nitrogen and oxygen atoms in total. The van der Waals surface area contributed by atoms with Crippen LogP contribution in [0.2, 0.25) is 0 Å². The zero-order chi connectivity index (χ0) is 17.8. The maximum atomic E-state index is 6.64. The van der Waals surface area contributed by atoms with Crippen LogP contribution in [0.3, 0.4) is 0 Å². The topological polar surface area (TPSA) is 82.2 Å². The van der Waals surface area contributed by atoms with Crippen LogP contribution in [0, 0.1) is 5.41 Å². The first-order valence-corrected chi connectivity index (χ1v) is 8.94. The van der Waals surface area contributed by atoms with Crippen molar-refractivity contribution in [3.05, 3.63) is 41.2 Å². The predicted octanol–water partition coefficient (Wildman–Crippen LogP) is 3.44. The van der Waals surface area contributed by atoms with Crippen LogP contribution in [0.25, 0.3) is 22.2 Å². The molecular formula is C20H25N5. The molecule has 4 rings (SSSR count). The normalized spacial score (nSPS) is 18.1. The van der Waals surface area contributed by atoms with E-state index in [-0.39, 0.29) is 5.41 Å². The molecule has 2 aliphatic heterocycles. The maximum Gasteiger partial charge on any atom is 0.0844 e. The van der Waals surface area contributed by atoms with Gasteiger partial charge in [-0.3, -0.25) is 4.68 Å². The molecule has 0 atom stereocenters. The number of pyridine rings is 1. The van der Waals surface area contributed by atoms with Crippen molar-refractivity contribution in [3.63, 3.8) is 0 Å². The van der Waals surface area contributed by atoms with E-state index < -0.39 is 0 Å². The molecule has 1 aromatic carbocycles. The fourth-order valence-corrected chi connectivity index (χ4v) is 4.23. The molecule has 0 radical (unpaired) electrons. The first-order valence-electron chi connectivity index (χ1n) is 8.94. The quantitative estimate of drug-likeness (QED) is 0.556. The average Bonchev–Trinajstić information content (AvgIpc) is 2.96. The summed E-state index contributed by atoms with van der Waals surface area (Å²) in [7, 11) is 0. The number of aromatic nitrogens is 2. The molecule has 1 aromatic rings. The molecule has 130 valence electrons. The van der Waals surface area contributed by atoms with Gasteiger partial charge in [0, 0.05) is 22.2 Å².